The monoisotopic (exact) mass is 427 g/mol. The Morgan fingerprint density at radius 1 is 1.10 bits per heavy atom. The highest BCUT2D eigenvalue weighted by atomic mass is 16.5. The van der Waals surface area contributed by atoms with Gasteiger partial charge in [0.15, 0.2) is 0 Å². The Hall–Kier alpha value is -2.38. The van der Waals surface area contributed by atoms with E-state index in [9.17, 15) is 4.79 Å². The molecule has 1 fully saturated rings. The molecule has 170 valence electrons. The van der Waals surface area contributed by atoms with Gasteiger partial charge in [0.05, 0.1) is 24.6 Å². The van der Waals surface area contributed by atoms with E-state index in [1.54, 1.807) is 0 Å². The van der Waals surface area contributed by atoms with E-state index in [4.69, 9.17) is 4.74 Å². The number of aromatic nitrogens is 2. The SMILES string of the molecule is CCC(CC)C(CNC(=O)NCc1c(C)nn(-c2ccccc2)c1C)N1CCOCC1. The summed E-state index contributed by atoms with van der Waals surface area (Å²) in [6, 6.07) is 10.3. The molecule has 1 aromatic heterocycles. The highest BCUT2D eigenvalue weighted by Crippen LogP contribution is 2.20. The summed E-state index contributed by atoms with van der Waals surface area (Å²) in [6.45, 7) is 13.0. The summed E-state index contributed by atoms with van der Waals surface area (Å²) in [6.07, 6.45) is 2.22. The van der Waals surface area contributed by atoms with Crippen LogP contribution in [0.1, 0.15) is 43.6 Å². The molecule has 1 aliphatic rings. The van der Waals surface area contributed by atoms with Gasteiger partial charge in [0.1, 0.15) is 0 Å². The number of carbonyl (C=O) groups is 1. The number of carbonyl (C=O) groups excluding carboxylic acids is 1. The molecule has 1 atom stereocenters. The van der Waals surface area contributed by atoms with Crippen molar-refractivity contribution in [1.29, 1.82) is 0 Å². The van der Waals surface area contributed by atoms with Crippen molar-refractivity contribution in [1.82, 2.24) is 25.3 Å². The number of para-hydroxylation sites is 1. The first-order chi connectivity index (χ1) is 15.0. The number of amides is 2. The van der Waals surface area contributed by atoms with E-state index in [1.165, 1.54) is 0 Å². The van der Waals surface area contributed by atoms with E-state index >= 15 is 0 Å². The molecule has 7 nitrogen and oxygen atoms in total. The number of rotatable bonds is 9. The molecule has 31 heavy (non-hydrogen) atoms. The molecule has 2 aromatic rings. The van der Waals surface area contributed by atoms with Crippen LogP contribution in [0.25, 0.3) is 5.69 Å². The maximum atomic E-state index is 12.6. The zero-order chi connectivity index (χ0) is 22.2. The maximum Gasteiger partial charge on any atom is 0.315 e. The van der Waals surface area contributed by atoms with Gasteiger partial charge in [-0.25, -0.2) is 9.48 Å². The van der Waals surface area contributed by atoms with E-state index < -0.39 is 0 Å². The van der Waals surface area contributed by atoms with Crippen molar-refractivity contribution in [2.45, 2.75) is 53.1 Å². The Bertz CT molecular complexity index is 826. The van der Waals surface area contributed by atoms with Gasteiger partial charge in [0.25, 0.3) is 0 Å². The Morgan fingerprint density at radius 3 is 2.42 bits per heavy atom. The molecule has 1 aliphatic heterocycles. The number of aryl methyl sites for hydroxylation is 1. The smallest absolute Gasteiger partial charge is 0.315 e. The van der Waals surface area contributed by atoms with E-state index in [2.05, 4.69) is 34.5 Å². The van der Waals surface area contributed by atoms with Crippen molar-refractivity contribution in [2.75, 3.05) is 32.8 Å². The van der Waals surface area contributed by atoms with Crippen LogP contribution in [0, 0.1) is 19.8 Å². The average Bonchev–Trinajstić information content (AvgIpc) is 3.09. The molecule has 0 saturated carbocycles. The molecule has 2 heterocycles. The summed E-state index contributed by atoms with van der Waals surface area (Å²) < 4.78 is 7.45. The molecule has 0 aliphatic carbocycles. The summed E-state index contributed by atoms with van der Waals surface area (Å²) in [5.74, 6) is 0.562. The lowest BCUT2D eigenvalue weighted by Crippen LogP contribution is -2.53. The first kappa shape index (κ1) is 23.3. The van der Waals surface area contributed by atoms with Crippen molar-refractivity contribution in [2.24, 2.45) is 5.92 Å². The lowest BCUT2D eigenvalue weighted by atomic mass is 9.92. The molecule has 1 saturated heterocycles. The second kappa shape index (κ2) is 11.3. The molecule has 2 amide bonds. The van der Waals surface area contributed by atoms with Gasteiger partial charge >= 0.3 is 6.03 Å². The van der Waals surface area contributed by atoms with Gasteiger partial charge in [-0.3, -0.25) is 4.90 Å². The minimum atomic E-state index is -0.129. The predicted molar refractivity (Wildman–Crippen MR) is 124 cm³/mol. The predicted octanol–water partition coefficient (Wildman–Crippen LogP) is 3.43. The van der Waals surface area contributed by atoms with Gasteiger partial charge in [-0.1, -0.05) is 44.9 Å². The molecule has 1 aromatic carbocycles. The van der Waals surface area contributed by atoms with Crippen LogP contribution in [0.3, 0.4) is 0 Å². The van der Waals surface area contributed by atoms with Crippen molar-refractivity contribution in [3.63, 3.8) is 0 Å². The third-order valence-corrected chi connectivity index (χ3v) is 6.45. The van der Waals surface area contributed by atoms with Crippen molar-refractivity contribution in [3.05, 3.63) is 47.3 Å². The number of morpholine rings is 1. The number of nitrogens with zero attached hydrogens (tertiary/aromatic N) is 3. The lowest BCUT2D eigenvalue weighted by molar-refractivity contribution is 0.00237. The normalized spacial score (nSPS) is 15.8. The summed E-state index contributed by atoms with van der Waals surface area (Å²) in [4.78, 5) is 15.1. The number of hydrogen-bond acceptors (Lipinski definition) is 4. The van der Waals surface area contributed by atoms with E-state index in [0.717, 1.165) is 61.8 Å². The quantitative estimate of drug-likeness (QED) is 0.643. The van der Waals surface area contributed by atoms with Gasteiger partial charge in [0, 0.05) is 43.5 Å². The molecule has 1 unspecified atom stereocenters. The molecular formula is C24H37N5O2. The lowest BCUT2D eigenvalue weighted by Gasteiger charge is -2.38. The number of ether oxygens (including phenoxy) is 1. The highest BCUT2D eigenvalue weighted by Gasteiger charge is 2.27. The van der Waals surface area contributed by atoms with Gasteiger partial charge in [0.2, 0.25) is 0 Å². The molecule has 2 N–H and O–H groups in total. The summed E-state index contributed by atoms with van der Waals surface area (Å²) in [5.41, 5.74) is 4.07. The third kappa shape index (κ3) is 5.86. The van der Waals surface area contributed by atoms with Crippen LogP contribution in [0.5, 0.6) is 0 Å². The van der Waals surface area contributed by atoms with Crippen molar-refractivity contribution >= 4 is 6.03 Å². The van der Waals surface area contributed by atoms with Crippen LogP contribution in [0.15, 0.2) is 30.3 Å². The van der Waals surface area contributed by atoms with E-state index in [1.807, 2.05) is 48.9 Å². The molecular weight excluding hydrogens is 390 g/mol. The molecule has 0 spiro atoms. The van der Waals surface area contributed by atoms with E-state index in [-0.39, 0.29) is 6.03 Å². The van der Waals surface area contributed by atoms with Gasteiger partial charge in [-0.15, -0.1) is 0 Å². The first-order valence-corrected chi connectivity index (χ1v) is 11.5. The summed E-state index contributed by atoms with van der Waals surface area (Å²) in [7, 11) is 0. The minimum Gasteiger partial charge on any atom is -0.379 e. The highest BCUT2D eigenvalue weighted by molar-refractivity contribution is 5.73. The van der Waals surface area contributed by atoms with Gasteiger partial charge < -0.3 is 15.4 Å². The zero-order valence-electron chi connectivity index (χ0n) is 19.4. The molecule has 7 heteroatoms. The number of benzene rings is 1. The Balaban J connectivity index is 1.58. The second-order valence-electron chi connectivity index (χ2n) is 8.25. The van der Waals surface area contributed by atoms with Gasteiger partial charge in [-0.05, 0) is 31.9 Å². The third-order valence-electron chi connectivity index (χ3n) is 6.45. The molecule has 0 bridgehead atoms. The largest absolute Gasteiger partial charge is 0.379 e. The number of hydrogen-bond donors (Lipinski definition) is 2. The fourth-order valence-electron chi connectivity index (χ4n) is 4.52. The van der Waals surface area contributed by atoms with Crippen LogP contribution in [-0.2, 0) is 11.3 Å². The maximum absolute atomic E-state index is 12.6. The summed E-state index contributed by atoms with van der Waals surface area (Å²) in [5, 5.41) is 10.8. The number of nitrogens with one attached hydrogen (secondary N) is 2. The minimum absolute atomic E-state index is 0.129. The molecule has 0 radical (unpaired) electrons. The van der Waals surface area contributed by atoms with E-state index in [0.29, 0.717) is 25.0 Å². The fourth-order valence-corrected chi connectivity index (χ4v) is 4.52. The van der Waals surface area contributed by atoms with Crippen molar-refractivity contribution < 1.29 is 9.53 Å². The number of urea groups is 1. The topological polar surface area (TPSA) is 71.4 Å². The Labute approximate surface area is 186 Å². The van der Waals surface area contributed by atoms with Crippen LogP contribution in [-0.4, -0.2) is 59.6 Å². The average molecular weight is 428 g/mol. The van der Waals surface area contributed by atoms with Crippen LogP contribution in [0.2, 0.25) is 0 Å². The Kier molecular flexibility index (Phi) is 8.49. The van der Waals surface area contributed by atoms with Crippen LogP contribution < -0.4 is 10.6 Å². The second-order valence-corrected chi connectivity index (χ2v) is 8.25. The van der Waals surface area contributed by atoms with Crippen molar-refractivity contribution in [3.8, 4) is 5.69 Å². The van der Waals surface area contributed by atoms with Crippen LogP contribution >= 0.6 is 0 Å². The first-order valence-electron chi connectivity index (χ1n) is 11.5. The fraction of sp³-hybridized carbons (Fsp3) is 0.583. The Morgan fingerprint density at radius 2 is 1.77 bits per heavy atom. The zero-order valence-corrected chi connectivity index (χ0v) is 19.4. The van der Waals surface area contributed by atoms with Crippen LogP contribution in [0.4, 0.5) is 4.79 Å². The van der Waals surface area contributed by atoms with Gasteiger partial charge in [-0.2, -0.15) is 5.10 Å². The standard InChI is InChI=1S/C24H37N5O2/c1-5-20(6-2)23(28-12-14-31-15-13-28)17-26-24(30)25-16-22-18(3)27-29(19(22)4)21-10-8-7-9-11-21/h7-11,20,23H,5-6,12-17H2,1-4H3,(H2,25,26,30). The summed E-state index contributed by atoms with van der Waals surface area (Å²) >= 11 is 0. The molecule has 3 rings (SSSR count).